The van der Waals surface area contributed by atoms with E-state index in [0.717, 1.165) is 16.0 Å². The summed E-state index contributed by atoms with van der Waals surface area (Å²) < 4.78 is 5.21. The van der Waals surface area contributed by atoms with Crippen LogP contribution in [0.3, 0.4) is 0 Å². The Balaban J connectivity index is 1.55. The summed E-state index contributed by atoms with van der Waals surface area (Å²) >= 11 is 1.17. The lowest BCUT2D eigenvalue weighted by molar-refractivity contribution is -0.133. The van der Waals surface area contributed by atoms with Gasteiger partial charge >= 0.3 is 12.0 Å². The molecule has 1 aliphatic rings. The topological polar surface area (TPSA) is 105 Å². The molecule has 2 aromatic carbocycles. The van der Waals surface area contributed by atoms with Crippen LogP contribution in [0.4, 0.5) is 9.80 Å². The average molecular weight is 492 g/mol. The molecule has 4 amide bonds. The number of ether oxygens (including phenoxy) is 1. The number of nitrogens with zero attached hydrogens (tertiary/aromatic N) is 1. The van der Waals surface area contributed by atoms with E-state index in [0.29, 0.717) is 16.1 Å². The number of esters is 1. The number of nitrogens with one attached hydrogen (secondary N) is 2. The van der Waals surface area contributed by atoms with Gasteiger partial charge in [-0.3, -0.25) is 14.5 Å². The zero-order valence-corrected chi connectivity index (χ0v) is 20.4. The smallest absolute Gasteiger partial charge is 0.341 e. The number of carbonyl (C=O) groups excluding carboxylic acids is 4. The fourth-order valence-electron chi connectivity index (χ4n) is 3.92. The van der Waals surface area contributed by atoms with Crippen molar-refractivity contribution in [2.75, 3.05) is 18.5 Å². The summed E-state index contributed by atoms with van der Waals surface area (Å²) in [6.07, 6.45) is 0. The number of rotatable bonds is 7. The number of carbonyl (C=O) groups is 4. The molecule has 0 unspecified atom stereocenters. The van der Waals surface area contributed by atoms with Gasteiger partial charge in [-0.25, -0.2) is 9.59 Å². The molecule has 8 nitrogen and oxygen atoms in total. The normalized spacial score (nSPS) is 17.3. The quantitative estimate of drug-likeness (QED) is 0.379. The van der Waals surface area contributed by atoms with Crippen LogP contribution in [0.1, 0.15) is 35.3 Å². The monoisotopic (exact) mass is 491 g/mol. The minimum absolute atomic E-state index is 0.177. The van der Waals surface area contributed by atoms with E-state index in [1.54, 1.807) is 31.4 Å². The summed E-state index contributed by atoms with van der Waals surface area (Å²) in [5.41, 5.74) is 2.04. The van der Waals surface area contributed by atoms with Crippen LogP contribution in [0.25, 0.3) is 11.1 Å². The van der Waals surface area contributed by atoms with Gasteiger partial charge in [0, 0.05) is 10.9 Å². The van der Waals surface area contributed by atoms with Crippen LogP contribution in [-0.4, -0.2) is 41.9 Å². The van der Waals surface area contributed by atoms with Crippen molar-refractivity contribution >= 4 is 40.2 Å². The van der Waals surface area contributed by atoms with Crippen molar-refractivity contribution in [1.82, 2.24) is 10.2 Å². The number of amides is 4. The molecule has 1 atom stereocenters. The van der Waals surface area contributed by atoms with E-state index in [2.05, 4.69) is 10.6 Å². The Morgan fingerprint density at radius 1 is 1.09 bits per heavy atom. The van der Waals surface area contributed by atoms with E-state index in [9.17, 15) is 19.2 Å². The summed E-state index contributed by atoms with van der Waals surface area (Å²) in [7, 11) is 0. The van der Waals surface area contributed by atoms with E-state index in [-0.39, 0.29) is 12.2 Å². The molecule has 9 heteroatoms. The summed E-state index contributed by atoms with van der Waals surface area (Å²) in [5.74, 6) is -1.69. The maximum atomic E-state index is 13.2. The fourth-order valence-corrected chi connectivity index (χ4v) is 4.89. The Morgan fingerprint density at radius 2 is 1.77 bits per heavy atom. The molecule has 0 aliphatic carbocycles. The first-order valence-corrected chi connectivity index (χ1v) is 12.0. The highest BCUT2D eigenvalue weighted by Gasteiger charge is 2.49. The molecular formula is C26H25N3O5S. The minimum Gasteiger partial charge on any atom is -0.462 e. The first-order valence-electron chi connectivity index (χ1n) is 11.1. The maximum Gasteiger partial charge on any atom is 0.341 e. The minimum atomic E-state index is -1.27. The van der Waals surface area contributed by atoms with Gasteiger partial charge < -0.3 is 15.4 Å². The lowest BCUT2D eigenvalue weighted by atomic mass is 9.91. The van der Waals surface area contributed by atoms with Crippen LogP contribution in [0.5, 0.6) is 0 Å². The fraction of sp³-hybridized carbons (Fsp3) is 0.231. The molecule has 3 aromatic rings. The number of anilines is 1. The van der Waals surface area contributed by atoms with Crippen molar-refractivity contribution in [3.63, 3.8) is 0 Å². The number of hydrogen-bond acceptors (Lipinski definition) is 6. The molecule has 1 fully saturated rings. The number of urea groups is 1. The molecule has 35 heavy (non-hydrogen) atoms. The highest BCUT2D eigenvalue weighted by molar-refractivity contribution is 7.15. The molecule has 0 saturated carbocycles. The van der Waals surface area contributed by atoms with Crippen LogP contribution in [0.2, 0.25) is 0 Å². The number of benzene rings is 2. The molecule has 0 spiro atoms. The maximum absolute atomic E-state index is 13.2. The molecule has 0 bridgehead atoms. The Hall–Kier alpha value is -3.98. The summed E-state index contributed by atoms with van der Waals surface area (Å²) in [4.78, 5) is 52.3. The molecule has 4 rings (SSSR count). The average Bonchev–Trinajstić information content (AvgIpc) is 3.35. The van der Waals surface area contributed by atoms with Gasteiger partial charge in [-0.15, -0.1) is 11.3 Å². The van der Waals surface area contributed by atoms with Crippen LogP contribution in [-0.2, 0) is 19.9 Å². The Morgan fingerprint density at radius 3 is 2.43 bits per heavy atom. The summed E-state index contributed by atoms with van der Waals surface area (Å²) in [6.45, 7) is 4.92. The highest BCUT2D eigenvalue weighted by atomic mass is 32.1. The van der Waals surface area contributed by atoms with Crippen molar-refractivity contribution in [3.05, 3.63) is 76.7 Å². The number of hydrogen-bond donors (Lipinski definition) is 2. The number of imide groups is 1. The second-order valence-corrected chi connectivity index (χ2v) is 9.18. The van der Waals surface area contributed by atoms with E-state index >= 15 is 0 Å². The SMILES string of the molecule is CCOC(=O)c1c(-c2ccccc2)csc1NC(=O)CN1C(=O)N[C@@](C)(c2ccc(C)cc2)C1=O. The van der Waals surface area contributed by atoms with Crippen molar-refractivity contribution in [2.24, 2.45) is 0 Å². The number of thiophene rings is 1. The zero-order chi connectivity index (χ0) is 25.2. The third kappa shape index (κ3) is 4.67. The van der Waals surface area contributed by atoms with E-state index in [4.69, 9.17) is 4.74 Å². The lowest BCUT2D eigenvalue weighted by Crippen LogP contribution is -2.42. The van der Waals surface area contributed by atoms with Crippen LogP contribution < -0.4 is 10.6 Å². The standard InChI is InChI=1S/C26H25N3O5S/c1-4-34-23(31)21-19(17-8-6-5-7-9-17)15-35-22(21)27-20(30)14-29-24(32)26(3,28-25(29)33)18-12-10-16(2)11-13-18/h5-13,15H,4,14H2,1-3H3,(H,27,30)(H,28,33)/t26-/m0/s1. The Kier molecular flexibility index (Phi) is 6.70. The second-order valence-electron chi connectivity index (χ2n) is 8.30. The second kappa shape index (κ2) is 9.71. The molecule has 2 N–H and O–H groups in total. The van der Waals surface area contributed by atoms with Crippen LogP contribution in [0, 0.1) is 6.92 Å². The molecule has 180 valence electrons. The Labute approximate surface area is 206 Å². The van der Waals surface area contributed by atoms with Crippen molar-refractivity contribution in [1.29, 1.82) is 0 Å². The van der Waals surface area contributed by atoms with Crippen molar-refractivity contribution < 1.29 is 23.9 Å². The predicted octanol–water partition coefficient (Wildman–Crippen LogP) is 4.31. The van der Waals surface area contributed by atoms with Gasteiger partial charge in [0.1, 0.15) is 22.6 Å². The van der Waals surface area contributed by atoms with Crippen LogP contribution in [0.15, 0.2) is 60.0 Å². The largest absolute Gasteiger partial charge is 0.462 e. The molecule has 0 radical (unpaired) electrons. The summed E-state index contributed by atoms with van der Waals surface area (Å²) in [6, 6.07) is 15.9. The predicted molar refractivity (Wildman–Crippen MR) is 133 cm³/mol. The first-order chi connectivity index (χ1) is 16.7. The van der Waals surface area contributed by atoms with E-state index in [1.807, 2.05) is 49.4 Å². The van der Waals surface area contributed by atoms with Gasteiger partial charge in [-0.1, -0.05) is 60.2 Å². The lowest BCUT2D eigenvalue weighted by Gasteiger charge is -2.22. The van der Waals surface area contributed by atoms with Gasteiger partial charge in [0.25, 0.3) is 5.91 Å². The summed E-state index contributed by atoms with van der Waals surface area (Å²) in [5, 5.41) is 7.44. The number of aryl methyl sites for hydroxylation is 1. The van der Waals surface area contributed by atoms with Gasteiger partial charge in [0.15, 0.2) is 0 Å². The molecule has 1 saturated heterocycles. The van der Waals surface area contributed by atoms with Crippen molar-refractivity contribution in [3.8, 4) is 11.1 Å². The highest BCUT2D eigenvalue weighted by Crippen LogP contribution is 2.36. The third-order valence-electron chi connectivity index (χ3n) is 5.81. The molecule has 2 heterocycles. The van der Waals surface area contributed by atoms with E-state index in [1.165, 1.54) is 11.3 Å². The third-order valence-corrected chi connectivity index (χ3v) is 6.71. The first kappa shape index (κ1) is 24.2. The van der Waals surface area contributed by atoms with Crippen molar-refractivity contribution in [2.45, 2.75) is 26.3 Å². The van der Waals surface area contributed by atoms with Gasteiger partial charge in [-0.05, 0) is 31.9 Å². The molecule has 1 aliphatic heterocycles. The zero-order valence-electron chi connectivity index (χ0n) is 19.6. The van der Waals surface area contributed by atoms with Gasteiger partial charge in [0.05, 0.1) is 6.61 Å². The van der Waals surface area contributed by atoms with Crippen LogP contribution >= 0.6 is 11.3 Å². The Bertz CT molecular complexity index is 1290. The van der Waals surface area contributed by atoms with Gasteiger partial charge in [-0.2, -0.15) is 0 Å². The molecular weight excluding hydrogens is 466 g/mol. The van der Waals surface area contributed by atoms with E-state index < -0.39 is 35.9 Å². The van der Waals surface area contributed by atoms with Gasteiger partial charge in [0.2, 0.25) is 5.91 Å². The molecule has 1 aromatic heterocycles.